The van der Waals surface area contributed by atoms with Crippen molar-refractivity contribution in [2.24, 2.45) is 0 Å². The Bertz CT molecular complexity index is 1540. The SMILES string of the molecule is O=C(O)Cc1ccc(Cc2ccc(-c3c4cccc(C(F)(F)F)c4nn3Cc3ccccc3)cc2)cc1. The Morgan fingerprint density at radius 3 is 2.00 bits per heavy atom. The summed E-state index contributed by atoms with van der Waals surface area (Å²) in [6, 6.07) is 28.9. The van der Waals surface area contributed by atoms with E-state index < -0.39 is 17.7 Å². The summed E-state index contributed by atoms with van der Waals surface area (Å²) in [7, 11) is 0. The summed E-state index contributed by atoms with van der Waals surface area (Å²) in [6.07, 6.45) is -3.88. The van der Waals surface area contributed by atoms with Crippen molar-refractivity contribution in [1.82, 2.24) is 9.78 Å². The van der Waals surface area contributed by atoms with Crippen molar-refractivity contribution in [1.29, 1.82) is 0 Å². The number of halogens is 3. The van der Waals surface area contributed by atoms with E-state index in [2.05, 4.69) is 5.10 Å². The van der Waals surface area contributed by atoms with Crippen LogP contribution in [0.5, 0.6) is 0 Å². The van der Waals surface area contributed by atoms with E-state index in [-0.39, 0.29) is 11.9 Å². The van der Waals surface area contributed by atoms with Crippen molar-refractivity contribution in [3.05, 3.63) is 125 Å². The van der Waals surface area contributed by atoms with Gasteiger partial charge in [-0.25, -0.2) is 0 Å². The van der Waals surface area contributed by atoms with Crippen LogP contribution in [-0.2, 0) is 30.4 Å². The van der Waals surface area contributed by atoms with Crippen LogP contribution in [0, 0.1) is 0 Å². The summed E-state index contributed by atoms with van der Waals surface area (Å²) in [5.41, 5.74) is 4.34. The molecule has 0 saturated heterocycles. The Balaban J connectivity index is 1.50. The zero-order valence-electron chi connectivity index (χ0n) is 19.7. The molecular formula is C30H23F3N2O2. The normalized spacial score (nSPS) is 11.6. The molecule has 0 fully saturated rings. The van der Waals surface area contributed by atoms with Gasteiger partial charge in [-0.05, 0) is 34.7 Å². The van der Waals surface area contributed by atoms with Crippen LogP contribution in [-0.4, -0.2) is 20.9 Å². The maximum absolute atomic E-state index is 13.8. The molecule has 0 atom stereocenters. The molecule has 4 nitrogen and oxygen atoms in total. The number of carboxylic acid groups (broad SMARTS) is 1. The third-order valence-corrected chi connectivity index (χ3v) is 6.26. The Kier molecular flexibility index (Phi) is 6.53. The lowest BCUT2D eigenvalue weighted by Gasteiger charge is -2.10. The molecule has 186 valence electrons. The van der Waals surface area contributed by atoms with Gasteiger partial charge in [-0.2, -0.15) is 18.3 Å². The van der Waals surface area contributed by atoms with E-state index in [9.17, 15) is 18.0 Å². The number of nitrogens with zero attached hydrogens (tertiary/aromatic N) is 2. The van der Waals surface area contributed by atoms with E-state index in [1.54, 1.807) is 10.7 Å². The Morgan fingerprint density at radius 2 is 1.38 bits per heavy atom. The van der Waals surface area contributed by atoms with Gasteiger partial charge in [0.25, 0.3) is 0 Å². The van der Waals surface area contributed by atoms with Gasteiger partial charge in [0.15, 0.2) is 0 Å². The summed E-state index contributed by atoms with van der Waals surface area (Å²) >= 11 is 0. The molecule has 1 heterocycles. The van der Waals surface area contributed by atoms with E-state index in [1.807, 2.05) is 78.9 Å². The van der Waals surface area contributed by atoms with Gasteiger partial charge in [0.05, 0.1) is 24.2 Å². The second-order valence-electron chi connectivity index (χ2n) is 8.95. The first-order chi connectivity index (χ1) is 17.8. The molecule has 0 aliphatic rings. The van der Waals surface area contributed by atoms with Crippen LogP contribution in [0.1, 0.15) is 27.8 Å². The number of carbonyl (C=O) groups is 1. The molecular weight excluding hydrogens is 477 g/mol. The van der Waals surface area contributed by atoms with Crippen molar-refractivity contribution in [3.8, 4) is 11.3 Å². The van der Waals surface area contributed by atoms with Crippen molar-refractivity contribution < 1.29 is 23.1 Å². The fourth-order valence-corrected chi connectivity index (χ4v) is 4.52. The highest BCUT2D eigenvalue weighted by atomic mass is 19.4. The second kappa shape index (κ2) is 9.93. The maximum Gasteiger partial charge on any atom is 0.418 e. The maximum atomic E-state index is 13.8. The van der Waals surface area contributed by atoms with Gasteiger partial charge < -0.3 is 5.11 Å². The predicted molar refractivity (Wildman–Crippen MR) is 136 cm³/mol. The van der Waals surface area contributed by atoms with Gasteiger partial charge in [0, 0.05) is 10.9 Å². The number of fused-ring (bicyclic) bond motifs is 1. The lowest BCUT2D eigenvalue weighted by molar-refractivity contribution is -0.137. The molecule has 1 aromatic heterocycles. The summed E-state index contributed by atoms with van der Waals surface area (Å²) in [5.74, 6) is -0.871. The first-order valence-corrected chi connectivity index (χ1v) is 11.8. The molecule has 0 unspecified atom stereocenters. The van der Waals surface area contributed by atoms with Crippen LogP contribution in [0.15, 0.2) is 97.1 Å². The van der Waals surface area contributed by atoms with E-state index in [1.165, 1.54) is 6.07 Å². The molecule has 7 heteroatoms. The van der Waals surface area contributed by atoms with Gasteiger partial charge in [0.1, 0.15) is 5.52 Å². The standard InChI is InChI=1S/C30H23F3N2O2/c31-30(32,33)26-8-4-7-25-28(26)34-35(19-23-5-2-1-3-6-23)29(25)24-15-13-21(14-16-24)17-20-9-11-22(12-10-20)18-27(36)37/h1-16H,17-19H2,(H,36,37). The van der Waals surface area contributed by atoms with Crippen LogP contribution in [0.2, 0.25) is 0 Å². The molecule has 1 N–H and O–H groups in total. The van der Waals surface area contributed by atoms with Crippen LogP contribution in [0.25, 0.3) is 22.2 Å². The number of carboxylic acids is 1. The highest BCUT2D eigenvalue weighted by molar-refractivity contribution is 5.95. The quantitative estimate of drug-likeness (QED) is 0.262. The van der Waals surface area contributed by atoms with Gasteiger partial charge in [0.2, 0.25) is 0 Å². The number of hydrogen-bond acceptors (Lipinski definition) is 2. The average molecular weight is 501 g/mol. The number of rotatable bonds is 7. The average Bonchev–Trinajstić information content (AvgIpc) is 3.23. The lowest BCUT2D eigenvalue weighted by atomic mass is 9.99. The highest BCUT2D eigenvalue weighted by Gasteiger charge is 2.34. The molecule has 0 bridgehead atoms. The summed E-state index contributed by atoms with van der Waals surface area (Å²) in [6.45, 7) is 0.340. The molecule has 4 aromatic carbocycles. The van der Waals surface area contributed by atoms with E-state index in [0.29, 0.717) is 24.0 Å². The molecule has 0 amide bonds. The minimum absolute atomic E-state index is 0.0182. The van der Waals surface area contributed by atoms with E-state index in [0.717, 1.165) is 33.9 Å². The van der Waals surface area contributed by atoms with Crippen molar-refractivity contribution >= 4 is 16.9 Å². The van der Waals surface area contributed by atoms with Crippen LogP contribution in [0.4, 0.5) is 13.2 Å². The minimum atomic E-state index is -4.51. The topological polar surface area (TPSA) is 55.1 Å². The first kappa shape index (κ1) is 24.3. The molecule has 0 aliphatic heterocycles. The van der Waals surface area contributed by atoms with Gasteiger partial charge in [-0.1, -0.05) is 91.0 Å². The van der Waals surface area contributed by atoms with Gasteiger partial charge in [-0.15, -0.1) is 0 Å². The van der Waals surface area contributed by atoms with Crippen molar-refractivity contribution in [2.75, 3.05) is 0 Å². The number of benzene rings is 4. The van der Waals surface area contributed by atoms with E-state index in [4.69, 9.17) is 5.11 Å². The zero-order valence-corrected chi connectivity index (χ0v) is 19.7. The smallest absolute Gasteiger partial charge is 0.418 e. The largest absolute Gasteiger partial charge is 0.481 e. The third kappa shape index (κ3) is 5.40. The second-order valence-corrected chi connectivity index (χ2v) is 8.95. The molecule has 0 saturated carbocycles. The Morgan fingerprint density at radius 1 is 0.757 bits per heavy atom. The fourth-order valence-electron chi connectivity index (χ4n) is 4.52. The van der Waals surface area contributed by atoms with Crippen LogP contribution < -0.4 is 0 Å². The Labute approximate surface area is 211 Å². The van der Waals surface area contributed by atoms with Gasteiger partial charge >= 0.3 is 12.1 Å². The molecule has 0 radical (unpaired) electrons. The van der Waals surface area contributed by atoms with E-state index >= 15 is 0 Å². The number of alkyl halides is 3. The molecule has 37 heavy (non-hydrogen) atoms. The summed E-state index contributed by atoms with van der Waals surface area (Å²) < 4.78 is 42.9. The molecule has 5 aromatic rings. The van der Waals surface area contributed by atoms with Gasteiger partial charge in [-0.3, -0.25) is 9.48 Å². The minimum Gasteiger partial charge on any atom is -0.481 e. The van der Waals surface area contributed by atoms with Crippen molar-refractivity contribution in [3.63, 3.8) is 0 Å². The summed E-state index contributed by atoms with van der Waals surface area (Å²) in [4.78, 5) is 10.9. The zero-order chi connectivity index (χ0) is 26.0. The molecule has 5 rings (SSSR count). The molecule has 0 aliphatic carbocycles. The highest BCUT2D eigenvalue weighted by Crippen LogP contribution is 2.38. The predicted octanol–water partition coefficient (Wildman–Crippen LogP) is 6.99. The number of aromatic nitrogens is 2. The lowest BCUT2D eigenvalue weighted by Crippen LogP contribution is -2.06. The van der Waals surface area contributed by atoms with Crippen LogP contribution >= 0.6 is 0 Å². The third-order valence-electron chi connectivity index (χ3n) is 6.26. The fraction of sp³-hybridized carbons (Fsp3) is 0.133. The summed E-state index contributed by atoms with van der Waals surface area (Å²) in [5, 5.41) is 13.8. The van der Waals surface area contributed by atoms with Crippen molar-refractivity contribution in [2.45, 2.75) is 25.6 Å². The molecule has 0 spiro atoms. The van der Waals surface area contributed by atoms with Crippen LogP contribution in [0.3, 0.4) is 0 Å². The Hall–Kier alpha value is -4.39. The monoisotopic (exact) mass is 500 g/mol. The number of aliphatic carboxylic acids is 1. The first-order valence-electron chi connectivity index (χ1n) is 11.8. The number of hydrogen-bond donors (Lipinski definition) is 1.